The molecule has 0 N–H and O–H groups in total. The predicted molar refractivity (Wildman–Crippen MR) is 63.0 cm³/mol. The van der Waals surface area contributed by atoms with Crippen LogP contribution in [0.15, 0.2) is 24.3 Å². The smallest absolute Gasteiger partial charge is 0.254 e. The third kappa shape index (κ3) is 2.40. The van der Waals surface area contributed by atoms with E-state index in [0.29, 0.717) is 5.56 Å². The van der Waals surface area contributed by atoms with Gasteiger partial charge in [-0.3, -0.25) is 4.79 Å². The third-order valence-corrected chi connectivity index (χ3v) is 2.72. The Labute approximate surface area is 96.3 Å². The molecule has 0 radical (unpaired) electrons. The average molecular weight is 216 g/mol. The van der Waals surface area contributed by atoms with Crippen LogP contribution in [0, 0.1) is 11.3 Å². The van der Waals surface area contributed by atoms with Crippen LogP contribution in [-0.2, 0) is 6.42 Å². The molecule has 0 saturated carbocycles. The molecule has 16 heavy (non-hydrogen) atoms. The second kappa shape index (κ2) is 5.32. The second-order valence-corrected chi connectivity index (χ2v) is 3.73. The first-order chi connectivity index (χ1) is 7.61. The highest BCUT2D eigenvalue weighted by atomic mass is 16.2. The lowest BCUT2D eigenvalue weighted by molar-refractivity contribution is 0.0772. The average Bonchev–Trinajstić information content (AvgIpc) is 2.35. The fourth-order valence-electron chi connectivity index (χ4n) is 1.49. The number of nitriles is 1. The Morgan fingerprint density at radius 1 is 1.50 bits per heavy atom. The van der Waals surface area contributed by atoms with Gasteiger partial charge in [-0.1, -0.05) is 25.1 Å². The lowest BCUT2D eigenvalue weighted by atomic mass is 10.0. The van der Waals surface area contributed by atoms with Gasteiger partial charge in [0.05, 0.1) is 6.07 Å². The van der Waals surface area contributed by atoms with E-state index in [-0.39, 0.29) is 5.91 Å². The van der Waals surface area contributed by atoms with Crippen LogP contribution in [0.4, 0.5) is 0 Å². The third-order valence-electron chi connectivity index (χ3n) is 2.72. The molecule has 1 amide bonds. The fraction of sp³-hybridized carbons (Fsp3) is 0.385. The van der Waals surface area contributed by atoms with Crippen molar-refractivity contribution in [3.05, 3.63) is 35.4 Å². The molecule has 1 atom stereocenters. The molecule has 0 aliphatic heterocycles. The highest BCUT2D eigenvalue weighted by molar-refractivity contribution is 5.95. The highest BCUT2D eigenvalue weighted by Crippen LogP contribution is 2.13. The Balaban J connectivity index is 3.01. The summed E-state index contributed by atoms with van der Waals surface area (Å²) in [4.78, 5) is 13.6. The van der Waals surface area contributed by atoms with E-state index in [1.165, 1.54) is 4.90 Å². The van der Waals surface area contributed by atoms with E-state index < -0.39 is 6.04 Å². The number of aryl methyl sites for hydroxylation is 1. The molecule has 0 heterocycles. The first-order valence-corrected chi connectivity index (χ1v) is 5.36. The Bertz CT molecular complexity index is 420. The van der Waals surface area contributed by atoms with Gasteiger partial charge in [-0.15, -0.1) is 0 Å². The Morgan fingerprint density at radius 3 is 2.69 bits per heavy atom. The topological polar surface area (TPSA) is 44.1 Å². The van der Waals surface area contributed by atoms with Gasteiger partial charge in [-0.25, -0.2) is 0 Å². The molecular weight excluding hydrogens is 200 g/mol. The number of rotatable bonds is 3. The van der Waals surface area contributed by atoms with Crippen molar-refractivity contribution >= 4 is 5.91 Å². The largest absolute Gasteiger partial charge is 0.326 e. The first-order valence-electron chi connectivity index (χ1n) is 5.36. The summed E-state index contributed by atoms with van der Waals surface area (Å²) in [5, 5.41) is 8.78. The zero-order valence-electron chi connectivity index (χ0n) is 9.90. The van der Waals surface area contributed by atoms with E-state index in [9.17, 15) is 4.79 Å². The van der Waals surface area contributed by atoms with Crippen LogP contribution in [-0.4, -0.2) is 23.9 Å². The summed E-state index contributed by atoms with van der Waals surface area (Å²) in [5.41, 5.74) is 1.71. The van der Waals surface area contributed by atoms with Crippen LogP contribution < -0.4 is 0 Å². The molecule has 0 bridgehead atoms. The van der Waals surface area contributed by atoms with Crippen LogP contribution in [0.2, 0.25) is 0 Å². The number of nitrogens with zero attached hydrogens (tertiary/aromatic N) is 2. The molecule has 3 nitrogen and oxygen atoms in total. The van der Waals surface area contributed by atoms with Crippen molar-refractivity contribution in [2.45, 2.75) is 26.3 Å². The summed E-state index contributed by atoms with van der Waals surface area (Å²) in [7, 11) is 1.66. The first kappa shape index (κ1) is 12.3. The van der Waals surface area contributed by atoms with Gasteiger partial charge >= 0.3 is 0 Å². The number of hydrogen-bond acceptors (Lipinski definition) is 2. The summed E-state index contributed by atoms with van der Waals surface area (Å²) in [5.74, 6) is -0.0912. The van der Waals surface area contributed by atoms with E-state index in [4.69, 9.17) is 5.26 Å². The summed E-state index contributed by atoms with van der Waals surface area (Å²) in [6, 6.07) is 9.17. The van der Waals surface area contributed by atoms with Crippen LogP contribution in [0.25, 0.3) is 0 Å². The minimum absolute atomic E-state index is 0.0912. The lowest BCUT2D eigenvalue weighted by Crippen LogP contribution is -2.34. The molecule has 3 heteroatoms. The quantitative estimate of drug-likeness (QED) is 0.777. The summed E-state index contributed by atoms with van der Waals surface area (Å²) in [6.45, 7) is 3.73. The maximum atomic E-state index is 12.1. The minimum atomic E-state index is -0.405. The summed E-state index contributed by atoms with van der Waals surface area (Å²) >= 11 is 0. The molecule has 0 fully saturated rings. The van der Waals surface area contributed by atoms with Crippen molar-refractivity contribution in [1.29, 1.82) is 5.26 Å². The zero-order chi connectivity index (χ0) is 12.1. The molecule has 0 spiro atoms. The number of carbonyl (C=O) groups excluding carboxylic acids is 1. The van der Waals surface area contributed by atoms with Crippen molar-refractivity contribution in [2.75, 3.05) is 7.05 Å². The monoisotopic (exact) mass is 216 g/mol. The van der Waals surface area contributed by atoms with Gasteiger partial charge in [0.15, 0.2) is 0 Å². The van der Waals surface area contributed by atoms with Crippen LogP contribution in [0.3, 0.4) is 0 Å². The summed E-state index contributed by atoms with van der Waals surface area (Å²) < 4.78 is 0. The van der Waals surface area contributed by atoms with Crippen molar-refractivity contribution < 1.29 is 4.79 Å². The highest BCUT2D eigenvalue weighted by Gasteiger charge is 2.18. The second-order valence-electron chi connectivity index (χ2n) is 3.73. The Kier molecular flexibility index (Phi) is 4.07. The van der Waals surface area contributed by atoms with Gasteiger partial charge in [-0.2, -0.15) is 5.26 Å². The molecule has 0 aliphatic carbocycles. The molecule has 1 rings (SSSR count). The maximum absolute atomic E-state index is 12.1. The van der Waals surface area contributed by atoms with Crippen molar-refractivity contribution in [1.82, 2.24) is 4.90 Å². The van der Waals surface area contributed by atoms with Gasteiger partial charge in [0.1, 0.15) is 6.04 Å². The standard InChI is InChI=1S/C13H16N2O/c1-4-11-7-5-6-8-12(11)13(16)15(3)10(2)9-14/h5-8,10H,4H2,1-3H3. The molecule has 1 aromatic rings. The molecule has 1 aromatic carbocycles. The van der Waals surface area contributed by atoms with E-state index in [2.05, 4.69) is 6.07 Å². The number of hydrogen-bond donors (Lipinski definition) is 0. The number of amides is 1. The molecular formula is C13H16N2O. The molecule has 0 aromatic heterocycles. The number of benzene rings is 1. The SMILES string of the molecule is CCc1ccccc1C(=O)N(C)C(C)C#N. The molecule has 1 unspecified atom stereocenters. The van der Waals surface area contributed by atoms with Gasteiger partial charge in [0, 0.05) is 12.6 Å². The van der Waals surface area contributed by atoms with Gasteiger partial charge in [0.2, 0.25) is 0 Å². The maximum Gasteiger partial charge on any atom is 0.254 e. The molecule has 0 aliphatic rings. The van der Waals surface area contributed by atoms with Crippen LogP contribution in [0.1, 0.15) is 29.8 Å². The van der Waals surface area contributed by atoms with Gasteiger partial charge < -0.3 is 4.90 Å². The molecule has 84 valence electrons. The van der Waals surface area contributed by atoms with Crippen molar-refractivity contribution in [3.8, 4) is 6.07 Å². The van der Waals surface area contributed by atoms with Gasteiger partial charge in [-0.05, 0) is 25.0 Å². The predicted octanol–water partition coefficient (Wildman–Crippen LogP) is 2.23. The van der Waals surface area contributed by atoms with E-state index in [1.54, 1.807) is 14.0 Å². The lowest BCUT2D eigenvalue weighted by Gasteiger charge is -2.20. The summed E-state index contributed by atoms with van der Waals surface area (Å²) in [6.07, 6.45) is 0.816. The number of carbonyl (C=O) groups is 1. The minimum Gasteiger partial charge on any atom is -0.326 e. The zero-order valence-corrected chi connectivity index (χ0v) is 9.90. The van der Waals surface area contributed by atoms with Gasteiger partial charge in [0.25, 0.3) is 5.91 Å². The van der Waals surface area contributed by atoms with E-state index in [0.717, 1.165) is 12.0 Å². The van der Waals surface area contributed by atoms with E-state index in [1.807, 2.05) is 31.2 Å². The fourth-order valence-corrected chi connectivity index (χ4v) is 1.49. The Hall–Kier alpha value is -1.82. The Morgan fingerprint density at radius 2 is 2.12 bits per heavy atom. The molecule has 0 saturated heterocycles. The van der Waals surface area contributed by atoms with Crippen LogP contribution >= 0.6 is 0 Å². The normalized spacial score (nSPS) is 11.6. The van der Waals surface area contributed by atoms with E-state index >= 15 is 0 Å². The van der Waals surface area contributed by atoms with Crippen molar-refractivity contribution in [2.24, 2.45) is 0 Å². The van der Waals surface area contributed by atoms with Crippen LogP contribution in [0.5, 0.6) is 0 Å². The van der Waals surface area contributed by atoms with Crippen molar-refractivity contribution in [3.63, 3.8) is 0 Å².